The van der Waals surface area contributed by atoms with Gasteiger partial charge in [-0.25, -0.2) is 4.39 Å². The van der Waals surface area contributed by atoms with Gasteiger partial charge in [-0.1, -0.05) is 43.3 Å². The van der Waals surface area contributed by atoms with Crippen molar-refractivity contribution in [2.24, 2.45) is 0 Å². The van der Waals surface area contributed by atoms with Crippen molar-refractivity contribution < 1.29 is 13.9 Å². The molecule has 1 unspecified atom stereocenters. The summed E-state index contributed by atoms with van der Waals surface area (Å²) in [6.07, 6.45) is 0.668. The third kappa shape index (κ3) is 4.60. The molecule has 0 aliphatic rings. The van der Waals surface area contributed by atoms with E-state index in [9.17, 15) is 9.18 Å². The molecule has 4 heteroatoms. The summed E-state index contributed by atoms with van der Waals surface area (Å²) < 4.78 is 18.8. The van der Waals surface area contributed by atoms with Gasteiger partial charge in [0.2, 0.25) is 0 Å². The zero-order chi connectivity index (χ0) is 19.9. The van der Waals surface area contributed by atoms with E-state index >= 15 is 0 Å². The molecule has 1 atom stereocenters. The molecule has 0 heterocycles. The van der Waals surface area contributed by atoms with E-state index in [1.807, 2.05) is 31.2 Å². The van der Waals surface area contributed by atoms with Crippen molar-refractivity contribution in [3.05, 3.63) is 89.7 Å². The molecule has 0 bridgehead atoms. The van der Waals surface area contributed by atoms with E-state index in [0.717, 1.165) is 16.7 Å². The van der Waals surface area contributed by atoms with Gasteiger partial charge in [0.1, 0.15) is 18.2 Å². The minimum Gasteiger partial charge on any atom is -0.492 e. The first-order valence-electron chi connectivity index (χ1n) is 9.32. The van der Waals surface area contributed by atoms with Crippen LogP contribution in [-0.4, -0.2) is 18.3 Å². The molecule has 28 heavy (non-hydrogen) atoms. The number of ketones is 1. The van der Waals surface area contributed by atoms with Crippen LogP contribution in [0.25, 0.3) is 11.1 Å². The molecule has 0 fully saturated rings. The first-order valence-corrected chi connectivity index (χ1v) is 9.85. The van der Waals surface area contributed by atoms with E-state index in [-0.39, 0.29) is 17.5 Å². The van der Waals surface area contributed by atoms with Crippen LogP contribution in [0.5, 0.6) is 5.75 Å². The molecular weight excluding hydrogens is 375 g/mol. The fraction of sp³-hybridized carbons (Fsp3) is 0.208. The Balaban J connectivity index is 1.91. The molecule has 3 aromatic carbocycles. The average Bonchev–Trinajstić information content (AvgIpc) is 2.74. The number of rotatable bonds is 8. The third-order valence-electron chi connectivity index (χ3n) is 4.70. The van der Waals surface area contributed by atoms with Crippen molar-refractivity contribution in [1.29, 1.82) is 0 Å². The number of benzene rings is 3. The summed E-state index contributed by atoms with van der Waals surface area (Å²) in [6.45, 7) is 2.43. The molecule has 0 aliphatic carbocycles. The van der Waals surface area contributed by atoms with Crippen molar-refractivity contribution in [1.82, 2.24) is 0 Å². The Morgan fingerprint density at radius 1 is 1.00 bits per heavy atom. The van der Waals surface area contributed by atoms with E-state index in [2.05, 4.69) is 0 Å². The van der Waals surface area contributed by atoms with Gasteiger partial charge >= 0.3 is 0 Å². The standard InChI is InChI=1S/C24H22ClFO2/c1-2-21(24(27)18-9-13-20(14-10-18)28-16-15-25)23-6-4-3-5-22(23)17-7-11-19(26)12-8-17/h3-14,21H,2,15-16H2,1H3. The predicted octanol–water partition coefficient (Wildman–Crippen LogP) is 6.49. The van der Waals surface area contributed by atoms with Crippen molar-refractivity contribution in [2.45, 2.75) is 19.3 Å². The van der Waals surface area contributed by atoms with E-state index in [1.54, 1.807) is 36.4 Å². The molecular formula is C24H22ClFO2. The second kappa shape index (κ2) is 9.52. The van der Waals surface area contributed by atoms with Gasteiger partial charge in [-0.05, 0) is 59.5 Å². The Kier molecular flexibility index (Phi) is 6.83. The van der Waals surface area contributed by atoms with Crippen LogP contribution < -0.4 is 4.74 Å². The number of hydrogen-bond acceptors (Lipinski definition) is 2. The largest absolute Gasteiger partial charge is 0.492 e. The van der Waals surface area contributed by atoms with Gasteiger partial charge in [0.15, 0.2) is 5.78 Å². The highest BCUT2D eigenvalue weighted by molar-refractivity contribution is 6.18. The van der Waals surface area contributed by atoms with E-state index in [4.69, 9.17) is 16.3 Å². The monoisotopic (exact) mass is 396 g/mol. The lowest BCUT2D eigenvalue weighted by Gasteiger charge is -2.19. The first kappa shape index (κ1) is 20.1. The highest BCUT2D eigenvalue weighted by Gasteiger charge is 2.23. The van der Waals surface area contributed by atoms with E-state index in [0.29, 0.717) is 30.2 Å². The zero-order valence-electron chi connectivity index (χ0n) is 15.7. The molecule has 3 rings (SSSR count). The Morgan fingerprint density at radius 2 is 1.68 bits per heavy atom. The molecule has 2 nitrogen and oxygen atoms in total. The molecule has 0 amide bonds. The number of hydrogen-bond donors (Lipinski definition) is 0. The average molecular weight is 397 g/mol. The summed E-state index contributed by atoms with van der Waals surface area (Å²) in [5.74, 6) is 0.605. The highest BCUT2D eigenvalue weighted by atomic mass is 35.5. The second-order valence-corrected chi connectivity index (χ2v) is 6.86. The van der Waals surface area contributed by atoms with Gasteiger partial charge < -0.3 is 4.74 Å². The quantitative estimate of drug-likeness (QED) is 0.321. The summed E-state index contributed by atoms with van der Waals surface area (Å²) in [5, 5.41) is 0. The molecule has 0 spiro atoms. The van der Waals surface area contributed by atoms with Crippen molar-refractivity contribution >= 4 is 17.4 Å². The Bertz CT molecular complexity index is 920. The normalized spacial score (nSPS) is 11.8. The zero-order valence-corrected chi connectivity index (χ0v) is 16.5. The lowest BCUT2D eigenvalue weighted by atomic mass is 9.84. The number of carbonyl (C=O) groups is 1. The summed E-state index contributed by atoms with van der Waals surface area (Å²) in [5.41, 5.74) is 3.43. The Morgan fingerprint density at radius 3 is 2.32 bits per heavy atom. The van der Waals surface area contributed by atoms with Gasteiger partial charge in [-0.15, -0.1) is 11.6 Å². The lowest BCUT2D eigenvalue weighted by molar-refractivity contribution is 0.0957. The van der Waals surface area contributed by atoms with Gasteiger partial charge in [-0.3, -0.25) is 4.79 Å². The number of carbonyl (C=O) groups excluding carboxylic acids is 1. The minimum atomic E-state index is -0.282. The van der Waals surface area contributed by atoms with Crippen LogP contribution in [0.4, 0.5) is 4.39 Å². The van der Waals surface area contributed by atoms with Crippen molar-refractivity contribution in [3.63, 3.8) is 0 Å². The number of alkyl halides is 1. The molecule has 0 saturated carbocycles. The number of Topliss-reactive ketones (excluding diaryl/α,β-unsaturated/α-hetero) is 1. The Labute approximate surface area is 169 Å². The fourth-order valence-corrected chi connectivity index (χ4v) is 3.39. The smallest absolute Gasteiger partial charge is 0.170 e. The lowest BCUT2D eigenvalue weighted by Crippen LogP contribution is -2.13. The van der Waals surface area contributed by atoms with Crippen LogP contribution >= 0.6 is 11.6 Å². The van der Waals surface area contributed by atoms with Crippen LogP contribution in [0.1, 0.15) is 35.2 Å². The van der Waals surface area contributed by atoms with Gasteiger partial charge in [-0.2, -0.15) is 0 Å². The Hall–Kier alpha value is -2.65. The molecule has 0 N–H and O–H groups in total. The molecule has 0 aromatic heterocycles. The van der Waals surface area contributed by atoms with Crippen LogP contribution in [0.15, 0.2) is 72.8 Å². The van der Waals surface area contributed by atoms with Gasteiger partial charge in [0, 0.05) is 11.5 Å². The van der Waals surface area contributed by atoms with E-state index in [1.165, 1.54) is 12.1 Å². The van der Waals surface area contributed by atoms with Gasteiger partial charge in [0.05, 0.1) is 5.88 Å². The molecule has 0 aliphatic heterocycles. The highest BCUT2D eigenvalue weighted by Crippen LogP contribution is 2.33. The summed E-state index contributed by atoms with van der Waals surface area (Å²) in [4.78, 5) is 13.2. The maximum atomic E-state index is 13.3. The van der Waals surface area contributed by atoms with Crippen molar-refractivity contribution in [2.75, 3.05) is 12.5 Å². The van der Waals surface area contributed by atoms with Crippen LogP contribution in [0.3, 0.4) is 0 Å². The molecule has 3 aromatic rings. The number of ether oxygens (including phenoxy) is 1. The van der Waals surface area contributed by atoms with Crippen molar-refractivity contribution in [3.8, 4) is 16.9 Å². The SMILES string of the molecule is CCC(C(=O)c1ccc(OCCCl)cc1)c1ccccc1-c1ccc(F)cc1. The second-order valence-electron chi connectivity index (χ2n) is 6.48. The maximum Gasteiger partial charge on any atom is 0.170 e. The molecule has 144 valence electrons. The number of halogens is 2. The topological polar surface area (TPSA) is 26.3 Å². The van der Waals surface area contributed by atoms with Crippen LogP contribution in [0, 0.1) is 5.82 Å². The molecule has 0 saturated heterocycles. The minimum absolute atomic E-state index is 0.0564. The van der Waals surface area contributed by atoms with Crippen LogP contribution in [-0.2, 0) is 0 Å². The van der Waals surface area contributed by atoms with E-state index < -0.39 is 0 Å². The summed E-state index contributed by atoms with van der Waals surface area (Å²) >= 11 is 5.64. The summed E-state index contributed by atoms with van der Waals surface area (Å²) in [7, 11) is 0. The predicted molar refractivity (Wildman–Crippen MR) is 112 cm³/mol. The third-order valence-corrected chi connectivity index (χ3v) is 4.86. The molecule has 0 radical (unpaired) electrons. The van der Waals surface area contributed by atoms with Gasteiger partial charge in [0.25, 0.3) is 0 Å². The summed E-state index contributed by atoms with van der Waals surface area (Å²) in [6, 6.07) is 21.3. The van der Waals surface area contributed by atoms with Crippen LogP contribution in [0.2, 0.25) is 0 Å². The first-order chi connectivity index (χ1) is 13.6. The maximum absolute atomic E-state index is 13.3. The fourth-order valence-electron chi connectivity index (χ4n) is 3.31.